The number of aliphatic imine (C=N–C) groups is 1. The molecule has 1 spiro atoms. The van der Waals surface area contributed by atoms with E-state index in [4.69, 9.17) is 9.84 Å². The van der Waals surface area contributed by atoms with Crippen LogP contribution in [0.4, 0.5) is 13.2 Å². The third-order valence-corrected chi connectivity index (χ3v) is 9.40. The number of hydrogen-bond donors (Lipinski definition) is 3. The molecule has 10 nitrogen and oxygen atoms in total. The van der Waals surface area contributed by atoms with Gasteiger partial charge in [-0.25, -0.2) is 9.67 Å². The lowest BCUT2D eigenvalue weighted by atomic mass is 9.64. The first-order valence-corrected chi connectivity index (χ1v) is 14.3. The molecular weight excluding hydrogens is 565 g/mol. The van der Waals surface area contributed by atoms with Crippen molar-refractivity contribution in [2.45, 2.75) is 62.8 Å². The maximum absolute atomic E-state index is 13.9. The second kappa shape index (κ2) is 10.3. The Kier molecular flexibility index (Phi) is 6.98. The van der Waals surface area contributed by atoms with Crippen molar-refractivity contribution >= 4 is 18.0 Å². The number of pyridine rings is 1. The van der Waals surface area contributed by atoms with E-state index in [-0.39, 0.29) is 29.5 Å². The summed E-state index contributed by atoms with van der Waals surface area (Å²) in [5.74, 6) is -0.708. The summed E-state index contributed by atoms with van der Waals surface area (Å²) in [5, 5.41) is 21.3. The van der Waals surface area contributed by atoms with E-state index in [2.05, 4.69) is 20.6 Å². The minimum atomic E-state index is -4.45. The molecule has 3 aliphatic carbocycles. The van der Waals surface area contributed by atoms with Crippen molar-refractivity contribution in [3.63, 3.8) is 0 Å². The quantitative estimate of drug-likeness (QED) is 0.419. The summed E-state index contributed by atoms with van der Waals surface area (Å²) in [6.07, 6.45) is 7.35. The first-order chi connectivity index (χ1) is 20.4. The monoisotopic (exact) mass is 598 g/mol. The molecule has 13 heteroatoms. The molecule has 6 rings (SSSR count). The lowest BCUT2D eigenvalue weighted by Gasteiger charge is -2.47. The van der Waals surface area contributed by atoms with E-state index in [1.165, 1.54) is 10.8 Å². The van der Waals surface area contributed by atoms with E-state index >= 15 is 0 Å². The van der Waals surface area contributed by atoms with Crippen LogP contribution in [-0.2, 0) is 11.2 Å². The van der Waals surface area contributed by atoms with Gasteiger partial charge < -0.3 is 20.5 Å². The normalized spacial score (nSPS) is 27.3. The number of aromatic nitrogens is 3. The van der Waals surface area contributed by atoms with Crippen molar-refractivity contribution in [1.29, 1.82) is 0 Å². The first-order valence-electron chi connectivity index (χ1n) is 14.3. The van der Waals surface area contributed by atoms with Crippen LogP contribution in [0.15, 0.2) is 47.3 Å². The molecule has 3 atom stereocenters. The van der Waals surface area contributed by atoms with Gasteiger partial charge in [0.2, 0.25) is 0 Å². The summed E-state index contributed by atoms with van der Waals surface area (Å²) in [5.41, 5.74) is -1.05. The number of halogens is 3. The van der Waals surface area contributed by atoms with Crippen LogP contribution in [0.1, 0.15) is 71.1 Å². The Bertz CT molecular complexity index is 1540. The van der Waals surface area contributed by atoms with Crippen LogP contribution < -0.4 is 10.6 Å². The average Bonchev–Trinajstić information content (AvgIpc) is 3.45. The van der Waals surface area contributed by atoms with Crippen molar-refractivity contribution in [1.82, 2.24) is 25.4 Å². The lowest BCUT2D eigenvalue weighted by Crippen LogP contribution is -2.61. The molecule has 43 heavy (non-hydrogen) atoms. The van der Waals surface area contributed by atoms with Gasteiger partial charge in [-0.2, -0.15) is 18.3 Å². The molecule has 0 saturated heterocycles. The van der Waals surface area contributed by atoms with Crippen LogP contribution in [0.25, 0.3) is 5.82 Å². The predicted molar refractivity (Wildman–Crippen MR) is 150 cm³/mol. The molecule has 0 aromatic carbocycles. The number of alkyl halides is 3. The Morgan fingerprint density at radius 1 is 1.33 bits per heavy atom. The number of carbonyl (C=O) groups excluding carboxylic acids is 2. The highest BCUT2D eigenvalue weighted by Gasteiger charge is 2.59. The lowest BCUT2D eigenvalue weighted by molar-refractivity contribution is -0.164. The smallest absolute Gasteiger partial charge is 0.422 e. The molecule has 0 bridgehead atoms. The van der Waals surface area contributed by atoms with Crippen molar-refractivity contribution in [3.8, 4) is 5.82 Å². The van der Waals surface area contributed by atoms with Crippen molar-refractivity contribution in [2.24, 2.45) is 16.3 Å². The molecule has 228 valence electrons. The number of nitrogens with one attached hydrogen (secondary N) is 2. The van der Waals surface area contributed by atoms with Crippen LogP contribution in [-0.4, -0.2) is 75.4 Å². The first kappa shape index (κ1) is 29.1. The van der Waals surface area contributed by atoms with Gasteiger partial charge in [0.25, 0.3) is 11.8 Å². The Hall–Kier alpha value is -4.00. The molecular formula is C30H33F3N6O4. The number of allylic oxidation sites excluding steroid dienone is 2. The zero-order chi connectivity index (χ0) is 30.6. The Balaban J connectivity index is 1.34. The summed E-state index contributed by atoms with van der Waals surface area (Å²) in [7, 11) is 1.64. The van der Waals surface area contributed by atoms with Crippen LogP contribution in [0.5, 0.6) is 0 Å². The number of hydrogen-bond acceptors (Lipinski definition) is 7. The van der Waals surface area contributed by atoms with E-state index in [1.807, 2.05) is 13.0 Å². The highest BCUT2D eigenvalue weighted by Crippen LogP contribution is 2.56. The van der Waals surface area contributed by atoms with Gasteiger partial charge in [-0.3, -0.25) is 14.6 Å². The molecule has 4 aliphatic rings. The number of rotatable bonds is 7. The van der Waals surface area contributed by atoms with Gasteiger partial charge >= 0.3 is 6.18 Å². The van der Waals surface area contributed by atoms with Crippen molar-refractivity contribution < 1.29 is 32.6 Å². The number of fused-ring (bicyclic) bond motifs is 3. The zero-order valence-electron chi connectivity index (χ0n) is 23.9. The van der Waals surface area contributed by atoms with Crippen LogP contribution in [0.3, 0.4) is 0 Å². The Morgan fingerprint density at radius 3 is 2.77 bits per heavy atom. The Morgan fingerprint density at radius 2 is 2.12 bits per heavy atom. The van der Waals surface area contributed by atoms with E-state index in [1.54, 1.807) is 37.7 Å². The molecule has 3 heterocycles. The van der Waals surface area contributed by atoms with E-state index < -0.39 is 41.2 Å². The fourth-order valence-electron chi connectivity index (χ4n) is 6.76. The van der Waals surface area contributed by atoms with Gasteiger partial charge in [-0.1, -0.05) is 13.0 Å². The number of carbonyl (C=O) groups is 2. The average molecular weight is 599 g/mol. The number of amides is 2. The van der Waals surface area contributed by atoms with E-state index in [9.17, 15) is 27.9 Å². The Labute approximate surface area is 246 Å². The fraction of sp³-hybridized carbons (Fsp3) is 0.500. The minimum Gasteiger partial charge on any atom is -0.484 e. The molecule has 0 radical (unpaired) electrons. The summed E-state index contributed by atoms with van der Waals surface area (Å²) < 4.78 is 44.6. The second-order valence-electron chi connectivity index (χ2n) is 12.1. The topological polar surface area (TPSA) is 131 Å². The maximum Gasteiger partial charge on any atom is 0.422 e. The third-order valence-electron chi connectivity index (χ3n) is 9.40. The van der Waals surface area contributed by atoms with Gasteiger partial charge in [0, 0.05) is 43.4 Å². The largest absolute Gasteiger partial charge is 0.484 e. The van der Waals surface area contributed by atoms with Gasteiger partial charge in [0.1, 0.15) is 11.5 Å². The van der Waals surface area contributed by atoms with Crippen molar-refractivity contribution in [3.05, 3.63) is 64.8 Å². The van der Waals surface area contributed by atoms with Gasteiger partial charge in [-0.05, 0) is 62.3 Å². The molecule has 3 N–H and O–H groups in total. The predicted octanol–water partition coefficient (Wildman–Crippen LogP) is 3.43. The molecule has 2 unspecified atom stereocenters. The summed E-state index contributed by atoms with van der Waals surface area (Å²) in [4.78, 5) is 36.0. The number of ether oxygens (including phenoxy) is 1. The standard InChI is InChI=1S/C30H33F3N6O4/c1-27-10-7-20(43-17-30(31,32)33)12-19(27)6-11-29(27)13-21-23(25(40)37-29)24(26(41)36-16-28(42)8-3-9-28)39(38-21)22-5-4-18(14-34-2)15-35-22/h4-5,7,10,12,14-15,19,42H,3,6,8-9,11,13,16-17H2,1-2H3,(H,36,41)(H,37,40)/t19?,27?,29-/m0/s1. The van der Waals surface area contributed by atoms with Gasteiger partial charge in [-0.15, -0.1) is 0 Å². The van der Waals surface area contributed by atoms with Crippen LogP contribution in [0, 0.1) is 11.3 Å². The highest BCUT2D eigenvalue weighted by molar-refractivity contribution is 6.08. The molecule has 2 fully saturated rings. The van der Waals surface area contributed by atoms with Crippen LogP contribution in [0.2, 0.25) is 0 Å². The molecule has 2 aromatic heterocycles. The summed E-state index contributed by atoms with van der Waals surface area (Å²) in [6.45, 7) is 0.646. The van der Waals surface area contributed by atoms with Crippen molar-refractivity contribution in [2.75, 3.05) is 20.2 Å². The van der Waals surface area contributed by atoms with E-state index in [0.717, 1.165) is 12.0 Å². The highest BCUT2D eigenvalue weighted by atomic mass is 19.4. The van der Waals surface area contributed by atoms with E-state index in [0.29, 0.717) is 43.6 Å². The number of nitrogens with zero attached hydrogens (tertiary/aromatic N) is 4. The molecule has 2 amide bonds. The summed E-state index contributed by atoms with van der Waals surface area (Å²) in [6, 6.07) is 3.46. The third kappa shape index (κ3) is 5.13. The summed E-state index contributed by atoms with van der Waals surface area (Å²) >= 11 is 0. The van der Waals surface area contributed by atoms with Gasteiger partial charge in [0.05, 0.1) is 22.4 Å². The molecule has 2 saturated carbocycles. The minimum absolute atomic E-state index is 0.0244. The zero-order valence-corrected chi connectivity index (χ0v) is 23.9. The second-order valence-corrected chi connectivity index (χ2v) is 12.1. The maximum atomic E-state index is 13.9. The van der Waals surface area contributed by atoms with Crippen LogP contribution >= 0.6 is 0 Å². The SMILES string of the molecule is CN=Cc1ccc(-n2nc3c(c2C(=O)NCC2(O)CCC2)C(=O)N[C@@]2(CCC4C=C(OCC(F)(F)F)C=CC42C)C3)nc1. The number of aliphatic hydroxyl groups is 1. The molecule has 1 aliphatic heterocycles. The van der Waals surface area contributed by atoms with Gasteiger partial charge in [0.15, 0.2) is 12.4 Å². The fourth-order valence-corrected chi connectivity index (χ4v) is 6.76. The molecule has 2 aromatic rings.